The van der Waals surface area contributed by atoms with Crippen LogP contribution in [-0.4, -0.2) is 19.6 Å². The number of piperazine rings is 1. The molecule has 1 heterocycles. The summed E-state index contributed by atoms with van der Waals surface area (Å²) in [5.74, 6) is 0. The standard InChI is InChI=1S/C10H11Cl2N2/c11-8-3-1-2-7(10(8)12)9-6-13-4-5-14-9/h1-3,9,13H,4-6H2. The van der Waals surface area contributed by atoms with Gasteiger partial charge >= 0.3 is 0 Å². The van der Waals surface area contributed by atoms with Crippen molar-refractivity contribution in [3.8, 4) is 0 Å². The number of hydrogen-bond acceptors (Lipinski definition) is 1. The maximum atomic E-state index is 6.11. The van der Waals surface area contributed by atoms with Crippen molar-refractivity contribution < 1.29 is 0 Å². The molecule has 1 atom stereocenters. The second kappa shape index (κ2) is 4.49. The first-order chi connectivity index (χ1) is 6.79. The molecule has 0 amide bonds. The van der Waals surface area contributed by atoms with E-state index in [4.69, 9.17) is 23.2 Å². The maximum Gasteiger partial charge on any atom is 0.0641 e. The Morgan fingerprint density at radius 1 is 1.36 bits per heavy atom. The van der Waals surface area contributed by atoms with Gasteiger partial charge in [0.2, 0.25) is 0 Å². The van der Waals surface area contributed by atoms with E-state index in [9.17, 15) is 0 Å². The summed E-state index contributed by atoms with van der Waals surface area (Å²) in [5, 5.41) is 9.01. The van der Waals surface area contributed by atoms with E-state index < -0.39 is 0 Å². The maximum absolute atomic E-state index is 6.11. The average Bonchev–Trinajstić information content (AvgIpc) is 2.23. The zero-order valence-electron chi connectivity index (χ0n) is 7.63. The number of nitrogens with one attached hydrogen (secondary N) is 1. The van der Waals surface area contributed by atoms with Gasteiger partial charge in [0.25, 0.3) is 0 Å². The Morgan fingerprint density at radius 2 is 2.21 bits per heavy atom. The van der Waals surface area contributed by atoms with Crippen LogP contribution < -0.4 is 10.6 Å². The van der Waals surface area contributed by atoms with Crippen LogP contribution in [0.2, 0.25) is 10.0 Å². The molecule has 0 spiro atoms. The van der Waals surface area contributed by atoms with Crippen LogP contribution in [-0.2, 0) is 0 Å². The Bertz CT molecular complexity index is 322. The summed E-state index contributed by atoms with van der Waals surface area (Å²) in [5.41, 5.74) is 1.02. The highest BCUT2D eigenvalue weighted by molar-refractivity contribution is 6.42. The summed E-state index contributed by atoms with van der Waals surface area (Å²) in [6.07, 6.45) is 0. The van der Waals surface area contributed by atoms with Gasteiger partial charge in [-0.3, -0.25) is 0 Å². The molecule has 1 fully saturated rings. The predicted octanol–water partition coefficient (Wildman–Crippen LogP) is 2.24. The monoisotopic (exact) mass is 229 g/mol. The quantitative estimate of drug-likeness (QED) is 0.786. The fraction of sp³-hybridized carbons (Fsp3) is 0.400. The van der Waals surface area contributed by atoms with E-state index in [0.29, 0.717) is 10.0 Å². The van der Waals surface area contributed by atoms with Crippen LogP contribution in [0.5, 0.6) is 0 Å². The van der Waals surface area contributed by atoms with Gasteiger partial charge in [0.05, 0.1) is 16.1 Å². The molecule has 14 heavy (non-hydrogen) atoms. The fourth-order valence-electron chi connectivity index (χ4n) is 1.59. The Morgan fingerprint density at radius 3 is 2.93 bits per heavy atom. The zero-order chi connectivity index (χ0) is 9.97. The van der Waals surface area contributed by atoms with Gasteiger partial charge in [0.1, 0.15) is 0 Å². The van der Waals surface area contributed by atoms with Gasteiger partial charge in [0, 0.05) is 19.6 Å². The second-order valence-corrected chi connectivity index (χ2v) is 4.05. The molecule has 2 nitrogen and oxygen atoms in total. The third-order valence-corrected chi connectivity index (χ3v) is 3.15. The van der Waals surface area contributed by atoms with Crippen LogP contribution in [0.1, 0.15) is 11.6 Å². The Kier molecular flexibility index (Phi) is 3.29. The first kappa shape index (κ1) is 10.2. The van der Waals surface area contributed by atoms with Crippen molar-refractivity contribution in [2.45, 2.75) is 6.04 Å². The van der Waals surface area contributed by atoms with Gasteiger partial charge < -0.3 is 5.32 Å². The minimum absolute atomic E-state index is 0.148. The Balaban J connectivity index is 2.26. The normalized spacial score (nSPS) is 22.3. The number of hydrogen-bond donors (Lipinski definition) is 1. The fourth-order valence-corrected chi connectivity index (χ4v) is 2.02. The minimum atomic E-state index is 0.148. The lowest BCUT2D eigenvalue weighted by Gasteiger charge is -2.24. The van der Waals surface area contributed by atoms with Gasteiger partial charge in [-0.25, -0.2) is 5.32 Å². The summed E-state index contributed by atoms with van der Waals surface area (Å²) in [7, 11) is 0. The van der Waals surface area contributed by atoms with Crippen molar-refractivity contribution >= 4 is 23.2 Å². The first-order valence-corrected chi connectivity index (χ1v) is 5.36. The topological polar surface area (TPSA) is 26.1 Å². The summed E-state index contributed by atoms with van der Waals surface area (Å²) < 4.78 is 0. The molecule has 1 N–H and O–H groups in total. The predicted molar refractivity (Wildman–Crippen MR) is 59.1 cm³/mol. The molecule has 2 rings (SSSR count). The van der Waals surface area contributed by atoms with Crippen LogP contribution in [0, 0.1) is 0 Å². The highest BCUT2D eigenvalue weighted by Crippen LogP contribution is 2.30. The van der Waals surface area contributed by atoms with E-state index in [1.54, 1.807) is 6.07 Å². The molecule has 1 aromatic carbocycles. The smallest absolute Gasteiger partial charge is 0.0641 e. The Hall–Kier alpha value is -0.280. The molecule has 0 aliphatic carbocycles. The summed E-state index contributed by atoms with van der Waals surface area (Å²) in [4.78, 5) is 0. The summed E-state index contributed by atoms with van der Waals surface area (Å²) in [6, 6.07) is 5.84. The lowest BCUT2D eigenvalue weighted by Crippen LogP contribution is -2.38. The van der Waals surface area contributed by atoms with Crippen molar-refractivity contribution in [1.82, 2.24) is 10.6 Å². The van der Waals surface area contributed by atoms with Gasteiger partial charge in [-0.1, -0.05) is 35.3 Å². The Labute approximate surface area is 93.6 Å². The number of nitrogens with zero attached hydrogens (tertiary/aromatic N) is 1. The van der Waals surface area contributed by atoms with Crippen LogP contribution in [0.4, 0.5) is 0 Å². The molecule has 1 aromatic rings. The number of rotatable bonds is 1. The molecule has 1 radical (unpaired) electrons. The van der Waals surface area contributed by atoms with Gasteiger partial charge in [0.15, 0.2) is 0 Å². The van der Waals surface area contributed by atoms with Crippen LogP contribution in [0.3, 0.4) is 0 Å². The van der Waals surface area contributed by atoms with Crippen LogP contribution >= 0.6 is 23.2 Å². The van der Waals surface area contributed by atoms with Crippen molar-refractivity contribution in [3.63, 3.8) is 0 Å². The van der Waals surface area contributed by atoms with E-state index in [1.165, 1.54) is 0 Å². The molecular formula is C10H11Cl2N2. The number of benzene rings is 1. The molecule has 0 bridgehead atoms. The summed E-state index contributed by atoms with van der Waals surface area (Å²) in [6.45, 7) is 2.64. The molecule has 0 aromatic heterocycles. The lowest BCUT2D eigenvalue weighted by atomic mass is 10.1. The molecule has 0 saturated carbocycles. The van der Waals surface area contributed by atoms with E-state index in [1.807, 2.05) is 12.1 Å². The van der Waals surface area contributed by atoms with E-state index in [2.05, 4.69) is 10.6 Å². The van der Waals surface area contributed by atoms with Crippen LogP contribution in [0.15, 0.2) is 18.2 Å². The minimum Gasteiger partial charge on any atom is -0.313 e. The second-order valence-electron chi connectivity index (χ2n) is 3.27. The third-order valence-electron chi connectivity index (χ3n) is 2.32. The van der Waals surface area contributed by atoms with E-state index in [-0.39, 0.29) is 6.04 Å². The number of halogens is 2. The first-order valence-electron chi connectivity index (χ1n) is 4.60. The van der Waals surface area contributed by atoms with Crippen LogP contribution in [0.25, 0.3) is 0 Å². The van der Waals surface area contributed by atoms with Gasteiger partial charge in [-0.15, -0.1) is 0 Å². The van der Waals surface area contributed by atoms with Crippen molar-refractivity contribution in [2.24, 2.45) is 0 Å². The molecule has 1 unspecified atom stereocenters. The van der Waals surface area contributed by atoms with E-state index >= 15 is 0 Å². The zero-order valence-corrected chi connectivity index (χ0v) is 9.15. The molecule has 1 aliphatic heterocycles. The van der Waals surface area contributed by atoms with Gasteiger partial charge in [-0.05, 0) is 11.6 Å². The molecule has 1 saturated heterocycles. The highest BCUT2D eigenvalue weighted by Gasteiger charge is 2.18. The van der Waals surface area contributed by atoms with E-state index in [0.717, 1.165) is 25.2 Å². The summed E-state index contributed by atoms with van der Waals surface area (Å²) >= 11 is 12.0. The molecule has 4 heteroatoms. The molecule has 1 aliphatic rings. The van der Waals surface area contributed by atoms with Crippen molar-refractivity contribution in [2.75, 3.05) is 19.6 Å². The largest absolute Gasteiger partial charge is 0.313 e. The lowest BCUT2D eigenvalue weighted by molar-refractivity contribution is 0.421. The highest BCUT2D eigenvalue weighted by atomic mass is 35.5. The third kappa shape index (κ3) is 2.04. The SMILES string of the molecule is Clc1cccc(C2CNCC[N]2)c1Cl. The molecular weight excluding hydrogens is 219 g/mol. The van der Waals surface area contributed by atoms with Crippen molar-refractivity contribution in [3.05, 3.63) is 33.8 Å². The average molecular weight is 230 g/mol. The van der Waals surface area contributed by atoms with Gasteiger partial charge in [-0.2, -0.15) is 0 Å². The molecule has 75 valence electrons. The van der Waals surface area contributed by atoms with Crippen molar-refractivity contribution in [1.29, 1.82) is 0 Å².